The number of amides is 1. The molecule has 2 N–H and O–H groups in total. The summed E-state index contributed by atoms with van der Waals surface area (Å²) in [6.07, 6.45) is 6.67. The number of nitrogens with one attached hydrogen (secondary N) is 2. The lowest BCUT2D eigenvalue weighted by Crippen LogP contribution is -2.29. The van der Waals surface area contributed by atoms with Crippen molar-refractivity contribution >= 4 is 50.3 Å². The van der Waals surface area contributed by atoms with Crippen molar-refractivity contribution in [2.75, 3.05) is 10.0 Å². The van der Waals surface area contributed by atoms with Crippen molar-refractivity contribution in [1.82, 2.24) is 0 Å². The number of thioether (sulfide) groups is 1. The fraction of sp³-hybridized carbons (Fsp3) is 0.241. The zero-order chi connectivity index (χ0) is 29.7. The molecule has 13 heteroatoms. The molecular formula is C29H26F3N3O5S2. The van der Waals surface area contributed by atoms with Gasteiger partial charge in [-0.1, -0.05) is 24.3 Å². The van der Waals surface area contributed by atoms with Crippen molar-refractivity contribution in [1.29, 1.82) is 0 Å². The van der Waals surface area contributed by atoms with E-state index in [2.05, 4.69) is 10.3 Å². The molecule has 1 heterocycles. The van der Waals surface area contributed by atoms with Gasteiger partial charge in [0.05, 0.1) is 11.0 Å². The SMILES string of the molecule is O=C1N=C(Nc2ccc(NS(=O)(=O)C(F)(F)F)cc2)S/C1=C\c1ccc(OCc2ccc(OC3CCCC3)cc2)cc1. The van der Waals surface area contributed by atoms with Gasteiger partial charge in [-0.2, -0.15) is 26.6 Å². The molecule has 220 valence electrons. The van der Waals surface area contributed by atoms with Crippen molar-refractivity contribution in [3.05, 3.63) is 88.8 Å². The average Bonchev–Trinajstić information content (AvgIpc) is 3.58. The zero-order valence-corrected chi connectivity index (χ0v) is 23.7. The van der Waals surface area contributed by atoms with Gasteiger partial charge in [-0.05, 0) is 103 Å². The van der Waals surface area contributed by atoms with Gasteiger partial charge in [0, 0.05) is 11.4 Å². The van der Waals surface area contributed by atoms with Crippen LogP contribution in [0.15, 0.2) is 82.7 Å². The molecule has 0 saturated heterocycles. The second-order valence-corrected chi connectivity index (χ2v) is 12.3. The van der Waals surface area contributed by atoms with Crippen LogP contribution in [0.1, 0.15) is 36.8 Å². The summed E-state index contributed by atoms with van der Waals surface area (Å²) in [6, 6.07) is 20.2. The molecule has 0 aromatic heterocycles. The van der Waals surface area contributed by atoms with Crippen LogP contribution >= 0.6 is 11.8 Å². The van der Waals surface area contributed by atoms with Gasteiger partial charge < -0.3 is 14.8 Å². The number of rotatable bonds is 9. The van der Waals surface area contributed by atoms with E-state index in [9.17, 15) is 26.4 Å². The molecule has 1 aliphatic carbocycles. The summed E-state index contributed by atoms with van der Waals surface area (Å²) in [4.78, 5) is 16.7. The molecular weight excluding hydrogens is 591 g/mol. The first-order chi connectivity index (χ1) is 20.0. The molecule has 8 nitrogen and oxygen atoms in total. The quantitative estimate of drug-likeness (QED) is 0.251. The summed E-state index contributed by atoms with van der Waals surface area (Å²) < 4.78 is 73.5. The van der Waals surface area contributed by atoms with Crippen LogP contribution in [0.5, 0.6) is 11.5 Å². The largest absolute Gasteiger partial charge is 0.516 e. The minimum Gasteiger partial charge on any atom is -0.490 e. The van der Waals surface area contributed by atoms with Crippen molar-refractivity contribution in [3.63, 3.8) is 0 Å². The summed E-state index contributed by atoms with van der Waals surface area (Å²) in [5, 5.41) is 3.17. The fourth-order valence-electron chi connectivity index (χ4n) is 4.26. The van der Waals surface area contributed by atoms with Gasteiger partial charge in [0.25, 0.3) is 5.91 Å². The number of hydrogen-bond acceptors (Lipinski definition) is 7. The van der Waals surface area contributed by atoms with Crippen LogP contribution < -0.4 is 19.5 Å². The molecule has 0 unspecified atom stereocenters. The standard InChI is InChI=1S/C29H26F3N3O5S2/c30-29(31,32)42(37,38)35-22-11-9-21(10-12-22)33-28-34-27(36)26(41-28)17-19-5-13-23(14-6-19)39-18-20-7-15-25(16-8-20)40-24-3-1-2-4-24/h5-17,24,35H,1-4,18H2,(H,33,34,36)/b26-17-. The van der Waals surface area contributed by atoms with Crippen LogP contribution in [-0.2, 0) is 21.4 Å². The minimum atomic E-state index is -5.52. The molecule has 1 fully saturated rings. The van der Waals surface area contributed by atoms with E-state index in [4.69, 9.17) is 9.47 Å². The Morgan fingerprint density at radius 1 is 0.905 bits per heavy atom. The lowest BCUT2D eigenvalue weighted by atomic mass is 10.2. The number of carbonyl (C=O) groups is 1. The monoisotopic (exact) mass is 617 g/mol. The fourth-order valence-corrected chi connectivity index (χ4v) is 5.66. The topological polar surface area (TPSA) is 106 Å². The second kappa shape index (κ2) is 12.5. The number of amidine groups is 1. The highest BCUT2D eigenvalue weighted by Gasteiger charge is 2.46. The molecule has 1 amide bonds. The Labute approximate surface area is 245 Å². The second-order valence-electron chi connectivity index (χ2n) is 9.61. The van der Waals surface area contributed by atoms with Crippen LogP contribution in [0.2, 0.25) is 0 Å². The Balaban J connectivity index is 1.11. The number of ether oxygens (including phenoxy) is 2. The highest BCUT2D eigenvalue weighted by Crippen LogP contribution is 2.31. The number of hydrogen-bond donors (Lipinski definition) is 2. The highest BCUT2D eigenvalue weighted by atomic mass is 32.2. The summed E-state index contributed by atoms with van der Waals surface area (Å²) in [7, 11) is -5.52. The first-order valence-corrected chi connectivity index (χ1v) is 15.3. The van der Waals surface area contributed by atoms with E-state index in [0.717, 1.165) is 53.6 Å². The molecule has 0 spiro atoms. The molecule has 0 bridgehead atoms. The first kappa shape index (κ1) is 29.5. The van der Waals surface area contributed by atoms with Crippen molar-refractivity contribution in [2.24, 2.45) is 4.99 Å². The normalized spacial score (nSPS) is 16.9. The minimum absolute atomic E-state index is 0.259. The smallest absolute Gasteiger partial charge is 0.490 e. The Morgan fingerprint density at radius 2 is 1.52 bits per heavy atom. The van der Waals surface area contributed by atoms with Crippen LogP contribution in [0, 0.1) is 0 Å². The van der Waals surface area contributed by atoms with E-state index in [1.807, 2.05) is 48.5 Å². The molecule has 2 aliphatic rings. The predicted octanol–water partition coefficient (Wildman–Crippen LogP) is 6.93. The van der Waals surface area contributed by atoms with Gasteiger partial charge >= 0.3 is 15.5 Å². The van der Waals surface area contributed by atoms with Crippen molar-refractivity contribution < 1.29 is 35.9 Å². The maximum atomic E-state index is 12.5. The van der Waals surface area contributed by atoms with E-state index in [0.29, 0.717) is 29.1 Å². The summed E-state index contributed by atoms with van der Waals surface area (Å²) in [5.41, 5.74) is -3.49. The molecule has 5 rings (SSSR count). The van der Waals surface area contributed by atoms with Gasteiger partial charge in [0.15, 0.2) is 5.17 Å². The number of anilines is 2. The van der Waals surface area contributed by atoms with E-state index in [-0.39, 0.29) is 10.9 Å². The summed E-state index contributed by atoms with van der Waals surface area (Å²) >= 11 is 1.10. The number of carbonyl (C=O) groups excluding carboxylic acids is 1. The van der Waals surface area contributed by atoms with Crippen molar-refractivity contribution in [2.45, 2.75) is 43.9 Å². The van der Waals surface area contributed by atoms with E-state index < -0.39 is 21.4 Å². The highest BCUT2D eigenvalue weighted by molar-refractivity contribution is 8.18. The molecule has 0 atom stereocenters. The first-order valence-electron chi connectivity index (χ1n) is 13.0. The molecule has 42 heavy (non-hydrogen) atoms. The Hall–Kier alpha value is -3.97. The maximum Gasteiger partial charge on any atom is 0.516 e. The third-order valence-corrected chi connectivity index (χ3v) is 8.44. The third-order valence-electron chi connectivity index (χ3n) is 6.43. The van der Waals surface area contributed by atoms with Gasteiger partial charge in [-0.25, -0.2) is 0 Å². The lowest BCUT2D eigenvalue weighted by Gasteiger charge is -2.13. The molecule has 3 aromatic rings. The van der Waals surface area contributed by atoms with E-state index >= 15 is 0 Å². The van der Waals surface area contributed by atoms with Gasteiger partial charge in [-0.15, -0.1) is 0 Å². The predicted molar refractivity (Wildman–Crippen MR) is 157 cm³/mol. The molecule has 3 aromatic carbocycles. The van der Waals surface area contributed by atoms with E-state index in [1.54, 1.807) is 6.08 Å². The number of sulfonamides is 1. The number of nitrogens with zero attached hydrogens (tertiary/aromatic N) is 1. The van der Waals surface area contributed by atoms with Gasteiger partial charge in [-0.3, -0.25) is 9.52 Å². The van der Waals surface area contributed by atoms with Crippen LogP contribution in [0.3, 0.4) is 0 Å². The van der Waals surface area contributed by atoms with E-state index in [1.165, 1.54) is 29.7 Å². The Kier molecular flexibility index (Phi) is 8.78. The zero-order valence-electron chi connectivity index (χ0n) is 22.1. The van der Waals surface area contributed by atoms with Gasteiger partial charge in [0.1, 0.15) is 18.1 Å². The molecule has 1 aliphatic heterocycles. The number of benzene rings is 3. The number of aliphatic imine (C=N–C) groups is 1. The number of halogens is 3. The van der Waals surface area contributed by atoms with Gasteiger partial charge in [0.2, 0.25) is 0 Å². The summed E-state index contributed by atoms with van der Waals surface area (Å²) in [6.45, 7) is 0.399. The van der Waals surface area contributed by atoms with Crippen molar-refractivity contribution in [3.8, 4) is 11.5 Å². The van der Waals surface area contributed by atoms with Crippen LogP contribution in [0.25, 0.3) is 6.08 Å². The maximum absolute atomic E-state index is 12.5. The molecule has 0 radical (unpaired) electrons. The average molecular weight is 618 g/mol. The number of alkyl halides is 3. The molecule has 1 saturated carbocycles. The Morgan fingerprint density at radius 3 is 2.17 bits per heavy atom. The van der Waals surface area contributed by atoms with Crippen LogP contribution in [0.4, 0.5) is 24.5 Å². The summed E-state index contributed by atoms with van der Waals surface area (Å²) in [5.74, 6) is 1.10. The Bertz CT molecular complexity index is 1580. The lowest BCUT2D eigenvalue weighted by molar-refractivity contribution is -0.113. The van der Waals surface area contributed by atoms with Crippen LogP contribution in [-0.4, -0.2) is 31.1 Å². The third kappa shape index (κ3) is 7.65.